The summed E-state index contributed by atoms with van der Waals surface area (Å²) in [5.74, 6) is -1.35. The van der Waals surface area contributed by atoms with E-state index in [2.05, 4.69) is 0 Å². The van der Waals surface area contributed by atoms with Crippen LogP contribution in [0.25, 0.3) is 0 Å². The first kappa shape index (κ1) is 14.8. The number of halogens is 3. The van der Waals surface area contributed by atoms with Gasteiger partial charge in [0.1, 0.15) is 5.75 Å². The highest BCUT2D eigenvalue weighted by Crippen LogP contribution is 2.31. The molecular formula is C16H15ClF2O. The summed E-state index contributed by atoms with van der Waals surface area (Å²) in [6.45, 7) is 3.90. The molecule has 106 valence electrons. The monoisotopic (exact) mass is 296 g/mol. The second-order valence-electron chi connectivity index (χ2n) is 4.68. The SMILES string of the molecule is CCC(C)c1cc(F)c(Oc2ccc(Cl)cc2)c(F)c1. The highest BCUT2D eigenvalue weighted by molar-refractivity contribution is 6.30. The summed E-state index contributed by atoms with van der Waals surface area (Å²) in [5, 5.41) is 0.533. The molecule has 0 spiro atoms. The van der Waals surface area contributed by atoms with Crippen molar-refractivity contribution in [3.8, 4) is 11.5 Å². The van der Waals surface area contributed by atoms with Crippen LogP contribution in [0.2, 0.25) is 5.02 Å². The zero-order valence-corrected chi connectivity index (χ0v) is 12.0. The Labute approximate surface area is 122 Å². The summed E-state index contributed by atoms with van der Waals surface area (Å²) in [5.41, 5.74) is 0.631. The van der Waals surface area contributed by atoms with Gasteiger partial charge >= 0.3 is 0 Å². The van der Waals surface area contributed by atoms with E-state index in [1.165, 1.54) is 12.1 Å². The number of hydrogen-bond acceptors (Lipinski definition) is 1. The molecule has 0 aliphatic heterocycles. The molecule has 4 heteroatoms. The van der Waals surface area contributed by atoms with Crippen molar-refractivity contribution in [2.24, 2.45) is 0 Å². The third kappa shape index (κ3) is 3.28. The Morgan fingerprint density at radius 3 is 2.15 bits per heavy atom. The summed E-state index contributed by atoms with van der Waals surface area (Å²) in [6, 6.07) is 8.96. The third-order valence-electron chi connectivity index (χ3n) is 3.24. The highest BCUT2D eigenvalue weighted by atomic mass is 35.5. The van der Waals surface area contributed by atoms with Crippen LogP contribution >= 0.6 is 11.6 Å². The van der Waals surface area contributed by atoms with Gasteiger partial charge in [0.05, 0.1) is 0 Å². The highest BCUT2D eigenvalue weighted by Gasteiger charge is 2.16. The van der Waals surface area contributed by atoms with E-state index in [0.29, 0.717) is 16.3 Å². The van der Waals surface area contributed by atoms with Crippen LogP contribution in [0.15, 0.2) is 36.4 Å². The first-order chi connectivity index (χ1) is 9.51. The maximum absolute atomic E-state index is 14.0. The Morgan fingerprint density at radius 1 is 1.10 bits per heavy atom. The summed E-state index contributed by atoms with van der Waals surface area (Å²) in [4.78, 5) is 0. The van der Waals surface area contributed by atoms with Crippen LogP contribution in [0, 0.1) is 11.6 Å². The van der Waals surface area contributed by atoms with Gasteiger partial charge in [-0.25, -0.2) is 8.78 Å². The second-order valence-corrected chi connectivity index (χ2v) is 5.12. The molecule has 0 fully saturated rings. The van der Waals surface area contributed by atoms with Gasteiger partial charge in [0, 0.05) is 5.02 Å². The molecular weight excluding hydrogens is 282 g/mol. The van der Waals surface area contributed by atoms with Gasteiger partial charge in [0.15, 0.2) is 17.4 Å². The fraction of sp³-hybridized carbons (Fsp3) is 0.250. The van der Waals surface area contributed by atoms with Crippen LogP contribution in [-0.4, -0.2) is 0 Å². The van der Waals surface area contributed by atoms with Crippen molar-refractivity contribution in [1.82, 2.24) is 0 Å². The zero-order chi connectivity index (χ0) is 14.7. The van der Waals surface area contributed by atoms with Crippen LogP contribution in [0.4, 0.5) is 8.78 Å². The van der Waals surface area contributed by atoms with Crippen LogP contribution in [0.1, 0.15) is 31.7 Å². The van der Waals surface area contributed by atoms with E-state index in [-0.39, 0.29) is 11.7 Å². The maximum atomic E-state index is 14.0. The van der Waals surface area contributed by atoms with Crippen molar-refractivity contribution < 1.29 is 13.5 Å². The number of rotatable bonds is 4. The molecule has 0 saturated carbocycles. The molecule has 20 heavy (non-hydrogen) atoms. The molecule has 1 nitrogen and oxygen atoms in total. The van der Waals surface area contributed by atoms with E-state index in [4.69, 9.17) is 16.3 Å². The lowest BCUT2D eigenvalue weighted by Gasteiger charge is -2.13. The molecule has 0 heterocycles. The lowest BCUT2D eigenvalue weighted by Crippen LogP contribution is -1.98. The standard InChI is InChI=1S/C16H15ClF2O/c1-3-10(2)11-8-14(18)16(15(19)9-11)20-13-6-4-12(17)5-7-13/h4-10H,3H2,1-2H3. The van der Waals surface area contributed by atoms with E-state index in [1.807, 2.05) is 13.8 Å². The van der Waals surface area contributed by atoms with Gasteiger partial charge < -0.3 is 4.74 Å². The minimum Gasteiger partial charge on any atom is -0.451 e. The molecule has 2 rings (SSSR count). The molecule has 0 radical (unpaired) electrons. The van der Waals surface area contributed by atoms with Crippen molar-refractivity contribution >= 4 is 11.6 Å². The minimum atomic E-state index is -0.699. The Balaban J connectivity index is 2.30. The van der Waals surface area contributed by atoms with E-state index in [9.17, 15) is 8.78 Å². The Bertz CT molecular complexity index is 573. The molecule has 1 unspecified atom stereocenters. The van der Waals surface area contributed by atoms with Gasteiger partial charge in [-0.1, -0.05) is 25.4 Å². The number of ether oxygens (including phenoxy) is 1. The molecule has 1 atom stereocenters. The minimum absolute atomic E-state index is 0.101. The van der Waals surface area contributed by atoms with E-state index >= 15 is 0 Å². The summed E-state index contributed by atoms with van der Waals surface area (Å²) < 4.78 is 33.2. The molecule has 2 aromatic rings. The van der Waals surface area contributed by atoms with Crippen molar-refractivity contribution in [2.75, 3.05) is 0 Å². The van der Waals surface area contributed by atoms with Gasteiger partial charge in [0.2, 0.25) is 0 Å². The summed E-state index contributed by atoms with van der Waals surface area (Å²) in [7, 11) is 0. The van der Waals surface area contributed by atoms with Crippen LogP contribution in [0.5, 0.6) is 11.5 Å². The van der Waals surface area contributed by atoms with E-state index in [1.54, 1.807) is 24.3 Å². The van der Waals surface area contributed by atoms with E-state index in [0.717, 1.165) is 6.42 Å². The fourth-order valence-electron chi connectivity index (χ4n) is 1.82. The molecule has 0 bridgehead atoms. The predicted molar refractivity (Wildman–Crippen MR) is 76.6 cm³/mol. The van der Waals surface area contributed by atoms with Gasteiger partial charge in [-0.3, -0.25) is 0 Å². The number of hydrogen-bond donors (Lipinski definition) is 0. The van der Waals surface area contributed by atoms with Crippen LogP contribution in [0.3, 0.4) is 0 Å². The summed E-state index contributed by atoms with van der Waals surface area (Å²) >= 11 is 5.75. The van der Waals surface area contributed by atoms with Gasteiger partial charge in [-0.05, 0) is 54.3 Å². The van der Waals surface area contributed by atoms with Gasteiger partial charge in [-0.15, -0.1) is 0 Å². The molecule has 0 saturated heterocycles. The smallest absolute Gasteiger partial charge is 0.198 e. The second kappa shape index (κ2) is 6.23. The lowest BCUT2D eigenvalue weighted by molar-refractivity contribution is 0.405. The topological polar surface area (TPSA) is 9.23 Å². The zero-order valence-electron chi connectivity index (χ0n) is 11.3. The Hall–Kier alpha value is -1.61. The predicted octanol–water partition coefficient (Wildman–Crippen LogP) is 5.92. The van der Waals surface area contributed by atoms with Crippen molar-refractivity contribution in [3.63, 3.8) is 0 Å². The largest absolute Gasteiger partial charge is 0.451 e. The maximum Gasteiger partial charge on any atom is 0.198 e. The molecule has 0 aliphatic rings. The average Bonchev–Trinajstić information content (AvgIpc) is 2.43. The van der Waals surface area contributed by atoms with Crippen molar-refractivity contribution in [1.29, 1.82) is 0 Å². The molecule has 0 N–H and O–H groups in total. The molecule has 0 aliphatic carbocycles. The first-order valence-corrected chi connectivity index (χ1v) is 6.81. The quantitative estimate of drug-likeness (QED) is 0.680. The Kier molecular flexibility index (Phi) is 4.61. The molecule has 0 aromatic heterocycles. The van der Waals surface area contributed by atoms with Crippen molar-refractivity contribution in [2.45, 2.75) is 26.2 Å². The fourth-order valence-corrected chi connectivity index (χ4v) is 1.94. The van der Waals surface area contributed by atoms with Crippen molar-refractivity contribution in [3.05, 3.63) is 58.6 Å². The first-order valence-electron chi connectivity index (χ1n) is 6.43. The lowest BCUT2D eigenvalue weighted by atomic mass is 9.98. The van der Waals surface area contributed by atoms with Gasteiger partial charge in [-0.2, -0.15) is 0 Å². The summed E-state index contributed by atoms with van der Waals surface area (Å²) in [6.07, 6.45) is 0.816. The molecule has 2 aromatic carbocycles. The average molecular weight is 297 g/mol. The molecule has 0 amide bonds. The van der Waals surface area contributed by atoms with Crippen LogP contribution < -0.4 is 4.74 Å². The Morgan fingerprint density at radius 2 is 1.65 bits per heavy atom. The van der Waals surface area contributed by atoms with E-state index < -0.39 is 11.6 Å². The van der Waals surface area contributed by atoms with Crippen LogP contribution in [-0.2, 0) is 0 Å². The normalized spacial score (nSPS) is 12.2. The number of benzene rings is 2. The van der Waals surface area contributed by atoms with Gasteiger partial charge in [0.25, 0.3) is 0 Å². The third-order valence-corrected chi connectivity index (χ3v) is 3.49.